The maximum atomic E-state index is 15.5. The van der Waals surface area contributed by atoms with E-state index in [9.17, 15) is 33.2 Å². The van der Waals surface area contributed by atoms with Crippen molar-refractivity contribution < 1.29 is 61.8 Å². The van der Waals surface area contributed by atoms with Crippen molar-refractivity contribution in [3.05, 3.63) is 123 Å². The van der Waals surface area contributed by atoms with E-state index in [4.69, 9.17) is 21.1 Å². The number of nitrogens with one attached hydrogen (secondary N) is 4. The number of likely N-dealkylation sites (N-methyl/N-ethyl adjacent to an activating group) is 4. The number of aromatic nitrogens is 1. The van der Waals surface area contributed by atoms with Gasteiger partial charge in [-0.15, -0.1) is 11.3 Å². The smallest absolute Gasteiger partial charge is 0.246 e. The minimum absolute atomic E-state index is 0.00194. The van der Waals surface area contributed by atoms with Crippen molar-refractivity contribution in [2.45, 2.75) is 133 Å². The van der Waals surface area contributed by atoms with E-state index in [-0.39, 0.29) is 64.8 Å². The Morgan fingerprint density at radius 3 is 1.78 bits per heavy atom. The first-order chi connectivity index (χ1) is 42.9. The quantitative estimate of drug-likeness (QED) is 0.126. The summed E-state index contributed by atoms with van der Waals surface area (Å²) in [7, 11) is 8.38. The number of carbonyl (C=O) groups excluding carboxylic acids is 10. The van der Waals surface area contributed by atoms with Gasteiger partial charge in [-0.2, -0.15) is 0 Å². The van der Waals surface area contributed by atoms with Gasteiger partial charge in [0, 0.05) is 98.2 Å². The number of fused-ring (bicyclic) bond motifs is 1. The summed E-state index contributed by atoms with van der Waals surface area (Å²) in [4.78, 5) is 160. The van der Waals surface area contributed by atoms with Gasteiger partial charge >= 0.3 is 0 Å². The molecule has 2 aliphatic rings. The number of carbonyl (C=O) groups is 10. The van der Waals surface area contributed by atoms with Crippen LogP contribution in [0.3, 0.4) is 0 Å². The van der Waals surface area contributed by atoms with Gasteiger partial charge in [-0.05, 0) is 80.0 Å². The Bertz CT molecular complexity index is 3110. The van der Waals surface area contributed by atoms with Crippen LogP contribution in [0, 0.1) is 11.7 Å². The van der Waals surface area contributed by atoms with Gasteiger partial charge in [0.25, 0.3) is 0 Å². The number of amides is 10. The molecule has 0 spiro atoms. The lowest BCUT2D eigenvalue weighted by Crippen LogP contribution is -2.62. The van der Waals surface area contributed by atoms with E-state index in [1.807, 2.05) is 6.92 Å². The Labute approximate surface area is 534 Å². The van der Waals surface area contributed by atoms with Crippen LogP contribution in [-0.2, 0) is 83.1 Å². The van der Waals surface area contributed by atoms with Crippen LogP contribution in [0.4, 0.5) is 4.39 Å². The van der Waals surface area contributed by atoms with Crippen molar-refractivity contribution in [1.29, 1.82) is 0 Å². The average Bonchev–Trinajstić information content (AvgIpc) is 3.17. The highest BCUT2D eigenvalue weighted by Gasteiger charge is 2.44. The number of hydrogen-bond acceptors (Lipinski definition) is 14. The summed E-state index contributed by atoms with van der Waals surface area (Å²) in [5.41, 5.74) is 3.67. The summed E-state index contributed by atoms with van der Waals surface area (Å²) in [6.45, 7) is 5.69. The van der Waals surface area contributed by atoms with Crippen molar-refractivity contribution in [3.8, 4) is 0 Å². The SMILES string of the molecule is CC[C@H](C)[C@H]1C(=O)N[C@@H](Cc2ccc(Cl)cc2)C(=O)N(C)[C@@H](Cc2ccccc2)C(=O)N2CCC[C@@H]2C(=O)N[C@@H](CCOC)C(=O)N(C)[C@@H](C)C(=O)N[C@@H](Cc2cscn2)C(=O)N(C)[C@H](C)C(=O)N(CCOC)CC(=O)N[C@@H](Cc2ccc(F)cc2)C(=O)N1C. The van der Waals surface area contributed by atoms with Crippen LogP contribution >= 0.6 is 22.9 Å². The average molecular weight is 1290 g/mol. The first kappa shape index (κ1) is 71.2. The Hall–Kier alpha value is -7.87. The van der Waals surface area contributed by atoms with Crippen molar-refractivity contribution in [3.63, 3.8) is 0 Å². The number of nitrogens with zero attached hydrogens (tertiary/aromatic N) is 7. The van der Waals surface area contributed by atoms with E-state index in [1.54, 1.807) is 72.4 Å². The fourth-order valence-corrected chi connectivity index (χ4v) is 11.8. The first-order valence-electron chi connectivity index (χ1n) is 30.1. The highest BCUT2D eigenvalue weighted by atomic mass is 35.5. The molecular formula is C64H85ClFN11O12S. The molecule has 0 saturated carbocycles. The molecule has 0 unspecified atom stereocenters. The zero-order valence-corrected chi connectivity index (χ0v) is 54.4. The molecule has 2 fully saturated rings. The van der Waals surface area contributed by atoms with Crippen LogP contribution in [0.25, 0.3) is 0 Å². The lowest BCUT2D eigenvalue weighted by Gasteiger charge is -2.37. The molecule has 3 heterocycles. The fourth-order valence-electron chi connectivity index (χ4n) is 11.1. The molecule has 23 nitrogen and oxygen atoms in total. The summed E-state index contributed by atoms with van der Waals surface area (Å²) in [5, 5.41) is 13.4. The van der Waals surface area contributed by atoms with Gasteiger partial charge in [0.2, 0.25) is 59.1 Å². The third kappa shape index (κ3) is 18.9. The van der Waals surface area contributed by atoms with Crippen LogP contribution in [0.1, 0.15) is 75.8 Å². The molecule has 0 bridgehead atoms. The predicted octanol–water partition coefficient (Wildman–Crippen LogP) is 3.06. The lowest BCUT2D eigenvalue weighted by molar-refractivity contribution is -0.150. The lowest BCUT2D eigenvalue weighted by atomic mass is 9.94. The highest BCUT2D eigenvalue weighted by Crippen LogP contribution is 2.25. The normalized spacial score (nSPS) is 24.4. The van der Waals surface area contributed by atoms with Crippen molar-refractivity contribution >= 4 is 82.0 Å². The molecule has 0 aliphatic carbocycles. The number of methoxy groups -OCH3 is 2. The van der Waals surface area contributed by atoms with Gasteiger partial charge in [-0.1, -0.05) is 86.5 Å². The van der Waals surface area contributed by atoms with Crippen molar-refractivity contribution in [2.24, 2.45) is 5.92 Å². The Morgan fingerprint density at radius 1 is 0.622 bits per heavy atom. The fraction of sp³-hybridized carbons (Fsp3) is 0.516. The minimum Gasteiger partial charge on any atom is -0.385 e. The van der Waals surface area contributed by atoms with E-state index in [1.165, 1.54) is 107 Å². The summed E-state index contributed by atoms with van der Waals surface area (Å²) in [5.74, 6) is -8.29. The number of rotatable bonds is 16. The zero-order chi connectivity index (χ0) is 65.9. The topological polar surface area (TPSA) is 270 Å². The molecule has 2 aliphatic heterocycles. The van der Waals surface area contributed by atoms with E-state index in [0.29, 0.717) is 40.2 Å². The molecule has 3 aromatic carbocycles. The second kappa shape index (κ2) is 33.8. The highest BCUT2D eigenvalue weighted by molar-refractivity contribution is 7.07. The molecule has 10 atom stereocenters. The molecule has 1 aromatic heterocycles. The first-order valence-corrected chi connectivity index (χ1v) is 31.5. The van der Waals surface area contributed by atoms with E-state index >= 15 is 19.2 Å². The summed E-state index contributed by atoms with van der Waals surface area (Å²) < 4.78 is 25.0. The Balaban J connectivity index is 1.47. The molecule has 4 N–H and O–H groups in total. The molecule has 90 heavy (non-hydrogen) atoms. The van der Waals surface area contributed by atoms with Crippen LogP contribution in [0.5, 0.6) is 0 Å². The summed E-state index contributed by atoms with van der Waals surface area (Å²) in [6.07, 6.45) is 0.420. The van der Waals surface area contributed by atoms with Crippen LogP contribution < -0.4 is 21.3 Å². The number of halogens is 2. The minimum atomic E-state index is -1.43. The number of ether oxygens (including phenoxy) is 2. The van der Waals surface area contributed by atoms with Gasteiger partial charge in [-0.25, -0.2) is 9.37 Å². The summed E-state index contributed by atoms with van der Waals surface area (Å²) in [6, 6.07) is 9.19. The monoisotopic (exact) mass is 1290 g/mol. The van der Waals surface area contributed by atoms with E-state index < -0.39 is 132 Å². The van der Waals surface area contributed by atoms with E-state index in [2.05, 4.69) is 26.3 Å². The third-order valence-electron chi connectivity index (χ3n) is 16.9. The zero-order valence-electron chi connectivity index (χ0n) is 52.8. The van der Waals surface area contributed by atoms with Crippen LogP contribution in [-0.4, -0.2) is 223 Å². The van der Waals surface area contributed by atoms with Gasteiger partial charge in [0.05, 0.1) is 24.4 Å². The van der Waals surface area contributed by atoms with Crippen molar-refractivity contribution in [1.82, 2.24) is 55.7 Å². The molecule has 488 valence electrons. The van der Waals surface area contributed by atoms with Gasteiger partial charge < -0.3 is 60.1 Å². The largest absolute Gasteiger partial charge is 0.385 e. The van der Waals surface area contributed by atoms with Crippen molar-refractivity contribution in [2.75, 3.05) is 75.3 Å². The Kier molecular flexibility index (Phi) is 26.7. The van der Waals surface area contributed by atoms with Gasteiger partial charge in [0.15, 0.2) is 0 Å². The molecule has 2 saturated heterocycles. The molecule has 0 radical (unpaired) electrons. The molecule has 26 heteroatoms. The third-order valence-corrected chi connectivity index (χ3v) is 17.8. The molecule has 4 aromatic rings. The summed E-state index contributed by atoms with van der Waals surface area (Å²) >= 11 is 7.57. The molecule has 10 amide bonds. The predicted molar refractivity (Wildman–Crippen MR) is 336 cm³/mol. The number of benzene rings is 3. The molecule has 6 rings (SSSR count). The van der Waals surface area contributed by atoms with E-state index in [0.717, 1.165) is 14.7 Å². The standard InChI is InChI=1S/C64H85ClFN11O12S/c1-11-39(2)55-58(81)71-50(33-43-19-23-45(65)24-20-43)62(85)74(7)53(34-42-16-13-12-14-17-42)64(87)77-28-15-18-52(77)57(80)69-48(27-30-88-9)60(83)72(5)40(3)56(79)70-51(35-47-37-90-38-67-47)61(84)73(6)41(4)59(82)76(29-31-89-10)36-54(78)68-49(63(86)75(55)8)32-44-21-25-46(66)26-22-44/h12-14,16-17,19-26,37-41,48-53,55H,11,15,18,27-36H2,1-10H3,(H,68,78)(H,69,80)(H,70,79)(H,71,81)/t39-,40-,41+,48-,49-,50-,51-,52+,53-,55-/m0/s1. The maximum absolute atomic E-state index is 15.5. The van der Waals surface area contributed by atoms with Crippen LogP contribution in [0.2, 0.25) is 5.02 Å². The van der Waals surface area contributed by atoms with Crippen LogP contribution in [0.15, 0.2) is 89.8 Å². The maximum Gasteiger partial charge on any atom is 0.246 e. The van der Waals surface area contributed by atoms with Gasteiger partial charge in [-0.3, -0.25) is 47.9 Å². The molecular weight excluding hydrogens is 1200 g/mol. The van der Waals surface area contributed by atoms with Gasteiger partial charge in [0.1, 0.15) is 60.2 Å². The number of thiazole rings is 1. The second-order valence-electron chi connectivity index (χ2n) is 23.1. The Morgan fingerprint density at radius 2 is 1.17 bits per heavy atom. The number of hydrogen-bond donors (Lipinski definition) is 4. The second-order valence-corrected chi connectivity index (χ2v) is 24.2.